The molecule has 0 bridgehead atoms. The molecule has 1 aliphatic rings. The summed E-state index contributed by atoms with van der Waals surface area (Å²) in [5.74, 6) is -1.24. The second-order valence-corrected chi connectivity index (χ2v) is 6.14. The minimum Gasteiger partial charge on any atom is -0.497 e. The van der Waals surface area contributed by atoms with E-state index in [2.05, 4.69) is 41.3 Å². The molecule has 0 unspecified atom stereocenters. The number of aromatic nitrogens is 1. The largest absolute Gasteiger partial charge is 0.497 e. The molecule has 0 saturated carbocycles. The number of benzene rings is 1. The highest BCUT2D eigenvalue weighted by atomic mass is 16.5. The van der Waals surface area contributed by atoms with Gasteiger partial charge in [-0.2, -0.15) is 0 Å². The number of H-pyrrole nitrogens is 1. The van der Waals surface area contributed by atoms with Crippen LogP contribution in [-0.2, 0) is 9.59 Å². The first kappa shape index (κ1) is 19.5. The number of aliphatic carboxylic acids is 2. The van der Waals surface area contributed by atoms with Crippen LogP contribution in [0.1, 0.15) is 24.8 Å². The number of nitrogens with one attached hydrogen (secondary N) is 1. The van der Waals surface area contributed by atoms with Crippen molar-refractivity contribution in [3.05, 3.63) is 36.0 Å². The molecular formula is C19H24N2O5. The number of rotatable bonds is 5. The summed E-state index contributed by atoms with van der Waals surface area (Å²) in [5, 5.41) is 17.1. The van der Waals surface area contributed by atoms with Crippen molar-refractivity contribution in [2.75, 3.05) is 27.2 Å². The Kier molecular flexibility index (Phi) is 6.80. The summed E-state index contributed by atoms with van der Waals surface area (Å²) in [6.45, 7) is 2.16. The van der Waals surface area contributed by atoms with Crippen LogP contribution < -0.4 is 4.74 Å². The Labute approximate surface area is 151 Å². The predicted octanol–water partition coefficient (Wildman–Crippen LogP) is 2.83. The SMILES string of the molecule is COc1ccc2[nH]cc(C3=CCN(C)CC3)c2c1.O=C(O)CCC(=O)O. The number of fused-ring (bicyclic) bond motifs is 1. The molecule has 0 radical (unpaired) electrons. The maximum Gasteiger partial charge on any atom is 0.303 e. The number of hydrogen-bond acceptors (Lipinski definition) is 4. The van der Waals surface area contributed by atoms with Gasteiger partial charge in [0.25, 0.3) is 0 Å². The lowest BCUT2D eigenvalue weighted by molar-refractivity contribution is -0.143. The Morgan fingerprint density at radius 2 is 1.92 bits per heavy atom. The van der Waals surface area contributed by atoms with Gasteiger partial charge in [0.1, 0.15) is 5.75 Å². The van der Waals surface area contributed by atoms with E-state index < -0.39 is 11.9 Å². The van der Waals surface area contributed by atoms with Crippen LogP contribution in [0.25, 0.3) is 16.5 Å². The summed E-state index contributed by atoms with van der Waals surface area (Å²) in [4.78, 5) is 25.0. The molecule has 26 heavy (non-hydrogen) atoms. The fourth-order valence-electron chi connectivity index (χ4n) is 2.72. The van der Waals surface area contributed by atoms with Crippen LogP contribution in [0.2, 0.25) is 0 Å². The first-order valence-electron chi connectivity index (χ1n) is 8.37. The highest BCUT2D eigenvalue weighted by Crippen LogP contribution is 2.31. The van der Waals surface area contributed by atoms with Gasteiger partial charge in [0.2, 0.25) is 0 Å². The monoisotopic (exact) mass is 360 g/mol. The van der Waals surface area contributed by atoms with Gasteiger partial charge >= 0.3 is 11.9 Å². The fourth-order valence-corrected chi connectivity index (χ4v) is 2.72. The van der Waals surface area contributed by atoms with Crippen LogP contribution in [0.15, 0.2) is 30.5 Å². The normalized spacial score (nSPS) is 14.3. The molecule has 0 saturated heterocycles. The quantitative estimate of drug-likeness (QED) is 0.758. The van der Waals surface area contributed by atoms with Crippen molar-refractivity contribution in [3.63, 3.8) is 0 Å². The third-order valence-corrected chi connectivity index (χ3v) is 4.20. The Hall–Kier alpha value is -2.80. The van der Waals surface area contributed by atoms with Gasteiger partial charge in [-0.15, -0.1) is 0 Å². The average molecular weight is 360 g/mol. The second kappa shape index (κ2) is 9.05. The molecule has 1 aromatic carbocycles. The fraction of sp³-hybridized carbons (Fsp3) is 0.368. The van der Waals surface area contributed by atoms with Gasteiger partial charge < -0.3 is 24.8 Å². The van der Waals surface area contributed by atoms with E-state index >= 15 is 0 Å². The van der Waals surface area contributed by atoms with Gasteiger partial charge in [0, 0.05) is 35.8 Å². The number of likely N-dealkylation sites (N-methyl/N-ethyl adjacent to an activating group) is 1. The van der Waals surface area contributed by atoms with Crippen molar-refractivity contribution >= 4 is 28.4 Å². The van der Waals surface area contributed by atoms with E-state index in [0.29, 0.717) is 0 Å². The molecular weight excluding hydrogens is 336 g/mol. The van der Waals surface area contributed by atoms with Crippen molar-refractivity contribution in [3.8, 4) is 5.75 Å². The summed E-state index contributed by atoms with van der Waals surface area (Å²) in [7, 11) is 3.87. The Morgan fingerprint density at radius 3 is 2.46 bits per heavy atom. The van der Waals surface area contributed by atoms with E-state index in [9.17, 15) is 9.59 Å². The first-order chi connectivity index (χ1) is 12.4. The molecule has 7 heteroatoms. The highest BCUT2D eigenvalue weighted by Gasteiger charge is 2.13. The van der Waals surface area contributed by atoms with E-state index in [4.69, 9.17) is 14.9 Å². The molecule has 3 N–H and O–H groups in total. The highest BCUT2D eigenvalue weighted by molar-refractivity contribution is 5.93. The second-order valence-electron chi connectivity index (χ2n) is 6.14. The lowest BCUT2D eigenvalue weighted by Gasteiger charge is -2.21. The standard InChI is InChI=1S/C15H18N2O.C4H6O4/c1-17-7-5-11(6-8-17)14-10-16-15-4-3-12(18-2)9-13(14)15;5-3(6)1-2-4(7)8/h3-5,9-10,16H,6-8H2,1-2H3;1-2H2,(H,5,6)(H,7,8). The molecule has 3 rings (SSSR count). The van der Waals surface area contributed by atoms with Crippen LogP contribution in [0.4, 0.5) is 0 Å². The molecule has 7 nitrogen and oxygen atoms in total. The Morgan fingerprint density at radius 1 is 1.23 bits per heavy atom. The predicted molar refractivity (Wildman–Crippen MR) is 99.4 cm³/mol. The zero-order valence-corrected chi connectivity index (χ0v) is 15.0. The lowest BCUT2D eigenvalue weighted by atomic mass is 9.99. The summed E-state index contributed by atoms with van der Waals surface area (Å²) in [6.07, 6.45) is 4.96. The van der Waals surface area contributed by atoms with Crippen LogP contribution in [-0.4, -0.2) is 59.3 Å². The smallest absolute Gasteiger partial charge is 0.303 e. The molecule has 2 aromatic rings. The van der Waals surface area contributed by atoms with E-state index in [1.807, 2.05) is 6.07 Å². The molecule has 0 amide bonds. The van der Waals surface area contributed by atoms with Gasteiger partial charge in [-0.1, -0.05) is 6.08 Å². The summed E-state index contributed by atoms with van der Waals surface area (Å²) in [5.41, 5.74) is 3.93. The number of methoxy groups -OCH3 is 1. The molecule has 140 valence electrons. The molecule has 0 spiro atoms. The molecule has 0 atom stereocenters. The van der Waals surface area contributed by atoms with Crippen molar-refractivity contribution in [1.82, 2.24) is 9.88 Å². The number of carbonyl (C=O) groups is 2. The van der Waals surface area contributed by atoms with Gasteiger partial charge in [-0.05, 0) is 37.2 Å². The van der Waals surface area contributed by atoms with Crippen LogP contribution >= 0.6 is 0 Å². The minimum atomic E-state index is -1.08. The zero-order valence-electron chi connectivity index (χ0n) is 15.0. The van der Waals surface area contributed by atoms with Crippen LogP contribution in [0.5, 0.6) is 5.75 Å². The third kappa shape index (κ3) is 5.35. The van der Waals surface area contributed by atoms with E-state index in [1.165, 1.54) is 22.0 Å². The van der Waals surface area contributed by atoms with Crippen molar-refractivity contribution in [2.24, 2.45) is 0 Å². The topological polar surface area (TPSA) is 103 Å². The van der Waals surface area contributed by atoms with Crippen LogP contribution in [0, 0.1) is 0 Å². The van der Waals surface area contributed by atoms with Gasteiger partial charge in [0.05, 0.1) is 20.0 Å². The number of carboxylic acids is 2. The number of carboxylic acid groups (broad SMARTS) is 2. The summed E-state index contributed by atoms with van der Waals surface area (Å²) < 4.78 is 5.31. The van der Waals surface area contributed by atoms with E-state index in [1.54, 1.807) is 7.11 Å². The van der Waals surface area contributed by atoms with Gasteiger partial charge in [-0.25, -0.2) is 0 Å². The van der Waals surface area contributed by atoms with E-state index in [0.717, 1.165) is 25.3 Å². The Balaban J connectivity index is 0.000000260. The molecule has 0 fully saturated rings. The molecule has 0 aliphatic carbocycles. The number of aromatic amines is 1. The van der Waals surface area contributed by atoms with Crippen molar-refractivity contribution < 1.29 is 24.5 Å². The summed E-state index contributed by atoms with van der Waals surface area (Å²) >= 11 is 0. The third-order valence-electron chi connectivity index (χ3n) is 4.20. The van der Waals surface area contributed by atoms with E-state index in [-0.39, 0.29) is 12.8 Å². The maximum atomic E-state index is 9.64. The Bertz CT molecular complexity index is 795. The maximum absolute atomic E-state index is 9.64. The van der Waals surface area contributed by atoms with Crippen molar-refractivity contribution in [2.45, 2.75) is 19.3 Å². The number of nitrogens with zero attached hydrogens (tertiary/aromatic N) is 1. The van der Waals surface area contributed by atoms with Crippen LogP contribution in [0.3, 0.4) is 0 Å². The molecule has 1 aromatic heterocycles. The first-order valence-corrected chi connectivity index (χ1v) is 8.37. The van der Waals surface area contributed by atoms with Gasteiger partial charge in [-0.3, -0.25) is 9.59 Å². The molecule has 1 aliphatic heterocycles. The average Bonchev–Trinajstić information content (AvgIpc) is 3.04. The zero-order chi connectivity index (χ0) is 19.1. The number of ether oxygens (including phenoxy) is 1. The van der Waals surface area contributed by atoms with Gasteiger partial charge in [0.15, 0.2) is 0 Å². The van der Waals surface area contributed by atoms with Crippen molar-refractivity contribution in [1.29, 1.82) is 0 Å². The summed E-state index contributed by atoms with van der Waals surface area (Å²) in [6, 6.07) is 6.18. The lowest BCUT2D eigenvalue weighted by Crippen LogP contribution is -2.23. The minimum absolute atomic E-state index is 0.296. The number of hydrogen-bond donors (Lipinski definition) is 3. The molecule has 2 heterocycles.